The first-order valence-corrected chi connectivity index (χ1v) is 19.1. The highest BCUT2D eigenvalue weighted by Gasteiger charge is 2.80. The maximum Gasteiger partial charge on any atom is 0.339 e. The van der Waals surface area contributed by atoms with Crippen molar-refractivity contribution in [1.29, 1.82) is 0 Å². The van der Waals surface area contributed by atoms with Gasteiger partial charge in [-0.25, -0.2) is 9.59 Å². The van der Waals surface area contributed by atoms with E-state index in [4.69, 9.17) is 37.1 Å². The number of alkyl halides is 2. The Morgan fingerprint density at radius 1 is 0.837 bits per heavy atom. The van der Waals surface area contributed by atoms with Gasteiger partial charge >= 0.3 is 11.9 Å². The van der Waals surface area contributed by atoms with Crippen molar-refractivity contribution in [3.63, 3.8) is 0 Å². The van der Waals surface area contributed by atoms with E-state index in [1.54, 1.807) is 20.8 Å². The lowest BCUT2D eigenvalue weighted by Crippen LogP contribution is -2.81. The maximum absolute atomic E-state index is 12.7. The molecule has 0 aliphatic carbocycles. The molecule has 8 atom stereocenters. The Labute approximate surface area is 266 Å². The Balaban J connectivity index is 0.000000248. The Morgan fingerprint density at radius 2 is 1.23 bits per heavy atom. The van der Waals surface area contributed by atoms with Crippen LogP contribution in [0.1, 0.15) is 75.2 Å². The number of nitrogens with one attached hydrogen (secondary N) is 2. The highest BCUT2D eigenvalue weighted by atomic mass is 35.5. The fourth-order valence-corrected chi connectivity index (χ4v) is 8.71. The molecular weight excluding hydrogens is 615 g/mol. The second-order valence-corrected chi connectivity index (χ2v) is 20.4. The molecule has 4 rings (SSSR count). The number of halogens is 2. The lowest BCUT2D eigenvalue weighted by atomic mass is 9.66. The first-order chi connectivity index (χ1) is 19.6. The van der Waals surface area contributed by atoms with Crippen LogP contribution in [0.3, 0.4) is 0 Å². The van der Waals surface area contributed by atoms with Crippen LogP contribution >= 0.6 is 23.2 Å². The van der Waals surface area contributed by atoms with Crippen molar-refractivity contribution in [2.75, 3.05) is 11.8 Å². The highest BCUT2D eigenvalue weighted by Crippen LogP contribution is 2.55. The van der Waals surface area contributed by atoms with Crippen LogP contribution in [0.5, 0.6) is 0 Å². The van der Waals surface area contributed by atoms with Gasteiger partial charge in [-0.1, -0.05) is 48.5 Å². The molecule has 246 valence electrons. The van der Waals surface area contributed by atoms with Gasteiger partial charge in [0.2, 0.25) is 22.9 Å². The summed E-state index contributed by atoms with van der Waals surface area (Å²) in [5.74, 6) is -1.79. The summed E-state index contributed by atoms with van der Waals surface area (Å²) in [6, 6.07) is 0. The minimum atomic E-state index is -2.15. The average molecular weight is 666 g/mol. The summed E-state index contributed by atoms with van der Waals surface area (Å²) in [7, 11) is -2.15. The minimum Gasteiger partial charge on any atom is -0.453 e. The molecule has 13 heteroatoms. The summed E-state index contributed by atoms with van der Waals surface area (Å²) in [5.41, 5.74) is -4.34. The van der Waals surface area contributed by atoms with Gasteiger partial charge in [-0.15, -0.1) is 23.2 Å². The van der Waals surface area contributed by atoms with E-state index in [1.807, 2.05) is 20.8 Å². The number of rotatable bonds is 10. The number of hydrogen-bond acceptors (Lipinski definition) is 8. The number of carbonyl (C=O) groups is 4. The third-order valence-electron chi connectivity index (χ3n) is 10.6. The summed E-state index contributed by atoms with van der Waals surface area (Å²) in [4.78, 5) is 49.2. The Kier molecular flexibility index (Phi) is 9.86. The quantitative estimate of drug-likeness (QED) is 0.182. The molecular formula is C30H50Cl2N2O8Si. The van der Waals surface area contributed by atoms with E-state index in [0.29, 0.717) is 24.6 Å². The van der Waals surface area contributed by atoms with E-state index in [1.165, 1.54) is 0 Å². The zero-order valence-electron chi connectivity index (χ0n) is 27.4. The molecule has 10 nitrogen and oxygen atoms in total. The summed E-state index contributed by atoms with van der Waals surface area (Å²) < 4.78 is 17.5. The van der Waals surface area contributed by atoms with Gasteiger partial charge in [-0.05, 0) is 56.7 Å². The molecule has 4 heterocycles. The van der Waals surface area contributed by atoms with E-state index in [0.717, 1.165) is 0 Å². The molecule has 43 heavy (non-hydrogen) atoms. The van der Waals surface area contributed by atoms with Crippen LogP contribution in [0.15, 0.2) is 0 Å². The minimum absolute atomic E-state index is 0.00101. The fourth-order valence-electron chi connectivity index (χ4n) is 6.83. The summed E-state index contributed by atoms with van der Waals surface area (Å²) in [5, 5.41) is 15.9. The van der Waals surface area contributed by atoms with Gasteiger partial charge < -0.3 is 29.6 Å². The first-order valence-electron chi connectivity index (χ1n) is 15.1. The van der Waals surface area contributed by atoms with Gasteiger partial charge in [-0.2, -0.15) is 0 Å². The monoisotopic (exact) mass is 664 g/mol. The molecule has 0 radical (unpaired) electrons. The zero-order valence-corrected chi connectivity index (χ0v) is 29.9. The van der Waals surface area contributed by atoms with Gasteiger partial charge in [0.15, 0.2) is 19.5 Å². The number of ether oxygens (including phenoxy) is 2. The van der Waals surface area contributed by atoms with Crippen LogP contribution in [-0.4, -0.2) is 83.4 Å². The largest absolute Gasteiger partial charge is 0.453 e. The molecule has 0 saturated carbocycles. The number of hydrogen-bond donors (Lipinski definition) is 3. The van der Waals surface area contributed by atoms with E-state index < -0.39 is 66.6 Å². The maximum atomic E-state index is 12.7. The van der Waals surface area contributed by atoms with Crippen LogP contribution < -0.4 is 10.6 Å². The van der Waals surface area contributed by atoms with Gasteiger partial charge in [0, 0.05) is 11.8 Å². The third-order valence-corrected chi connectivity index (χ3v) is 15.4. The summed E-state index contributed by atoms with van der Waals surface area (Å²) in [6.07, 6.45) is -0.495. The van der Waals surface area contributed by atoms with Crippen LogP contribution in [0, 0.1) is 23.7 Å². The lowest BCUT2D eigenvalue weighted by molar-refractivity contribution is -0.238. The molecule has 0 aromatic heterocycles. The summed E-state index contributed by atoms with van der Waals surface area (Å²) >= 11 is 11.6. The Hall–Kier alpha value is -1.40. The topological polar surface area (TPSA) is 140 Å². The fraction of sp³-hybridized carbons (Fsp3) is 0.867. The number of fused-ring (bicyclic) bond motifs is 2. The van der Waals surface area contributed by atoms with E-state index in [-0.39, 0.29) is 28.7 Å². The van der Waals surface area contributed by atoms with Crippen LogP contribution in [0.25, 0.3) is 0 Å². The standard InChI is InChI=1S/C18H32ClNO4Si.C12H18ClNO4/c1-11(2)13(24-25(7,8)16(3,4)5)18-15(22)23-17(18,6)12(9-10-19)14(21)20-18;1-6(2)8(15)12-10(17)18-11(12,3)7(4-5-13)9(16)14-12/h11-13H,9-10H2,1-8H3,(H,20,21);6-8,15H,4-5H2,1-3H3,(H,14,16)/t12-,13-,17-,18-;7-,8-,11-,12-/m00/s1. The van der Waals surface area contributed by atoms with Gasteiger partial charge in [0.05, 0.1) is 24.0 Å². The molecule has 0 spiro atoms. The number of carbonyl (C=O) groups excluding carboxylic acids is 4. The molecule has 0 aromatic rings. The lowest BCUT2D eigenvalue weighted by Gasteiger charge is -2.57. The first kappa shape index (κ1) is 36.1. The number of aliphatic hydroxyl groups is 1. The van der Waals surface area contributed by atoms with Crippen LogP contribution in [-0.2, 0) is 33.1 Å². The molecule has 4 aliphatic heterocycles. The highest BCUT2D eigenvalue weighted by molar-refractivity contribution is 6.74. The van der Waals surface area contributed by atoms with Crippen LogP contribution in [0.4, 0.5) is 0 Å². The van der Waals surface area contributed by atoms with Gasteiger partial charge in [-0.3, -0.25) is 9.59 Å². The van der Waals surface area contributed by atoms with E-state index in [2.05, 4.69) is 44.5 Å². The van der Waals surface area contributed by atoms with Crippen molar-refractivity contribution >= 4 is 55.3 Å². The van der Waals surface area contributed by atoms with Crippen molar-refractivity contribution in [3.8, 4) is 0 Å². The van der Waals surface area contributed by atoms with Crippen molar-refractivity contribution < 1.29 is 38.2 Å². The van der Waals surface area contributed by atoms with E-state index in [9.17, 15) is 24.3 Å². The number of amides is 2. The second-order valence-electron chi connectivity index (χ2n) is 14.9. The normalized spacial score (nSPS) is 36.3. The molecule has 4 aliphatic rings. The second kappa shape index (κ2) is 11.8. The number of aliphatic hydroxyl groups excluding tert-OH is 1. The molecule has 4 saturated heterocycles. The van der Waals surface area contributed by atoms with Crippen molar-refractivity contribution in [1.82, 2.24) is 10.6 Å². The predicted octanol–water partition coefficient (Wildman–Crippen LogP) is 3.89. The predicted molar refractivity (Wildman–Crippen MR) is 166 cm³/mol. The van der Waals surface area contributed by atoms with Gasteiger partial charge in [0.25, 0.3) is 0 Å². The third kappa shape index (κ3) is 5.13. The van der Waals surface area contributed by atoms with Crippen molar-refractivity contribution in [2.24, 2.45) is 23.7 Å². The SMILES string of the molecule is CC(C)[C@H](O)[C@@]12NC(=O)[C@H](CCCl)[C@]1(C)OC2=O.CC(C)[C@H](O[Si](C)(C)C(C)(C)C)[C@@]12NC(=O)[C@H](CCCl)[C@]1(C)OC2=O. The average Bonchev–Trinajstić information content (AvgIpc) is 3.16. The molecule has 3 N–H and O–H groups in total. The molecule has 4 fully saturated rings. The molecule has 0 bridgehead atoms. The Morgan fingerprint density at radius 3 is 1.56 bits per heavy atom. The Bertz CT molecular complexity index is 1150. The molecule has 0 aromatic carbocycles. The number of esters is 2. The van der Waals surface area contributed by atoms with Gasteiger partial charge in [0.1, 0.15) is 0 Å². The summed E-state index contributed by atoms with van der Waals surface area (Å²) in [6.45, 7) is 22.0. The van der Waals surface area contributed by atoms with Crippen molar-refractivity contribution in [2.45, 2.75) is 128 Å². The molecule has 2 amide bonds. The zero-order chi connectivity index (χ0) is 33.1. The van der Waals surface area contributed by atoms with Crippen molar-refractivity contribution in [3.05, 3.63) is 0 Å². The smallest absolute Gasteiger partial charge is 0.339 e. The van der Waals surface area contributed by atoms with E-state index >= 15 is 0 Å². The molecule has 0 unspecified atom stereocenters. The van der Waals surface area contributed by atoms with Crippen LogP contribution in [0.2, 0.25) is 18.1 Å².